The van der Waals surface area contributed by atoms with Crippen LogP contribution in [0, 0.1) is 0 Å². The van der Waals surface area contributed by atoms with Gasteiger partial charge in [-0.15, -0.1) is 0 Å². The van der Waals surface area contributed by atoms with Gasteiger partial charge in [0.15, 0.2) is 23.0 Å². The summed E-state index contributed by atoms with van der Waals surface area (Å²) in [6, 6.07) is 12.5. The largest absolute Gasteiger partial charge is 0.503 e. The van der Waals surface area contributed by atoms with Crippen LogP contribution in [-0.2, 0) is 10.0 Å². The Balaban J connectivity index is 1.97. The maximum atomic E-state index is 12.9. The summed E-state index contributed by atoms with van der Waals surface area (Å²) in [7, 11) is 3.45. The summed E-state index contributed by atoms with van der Waals surface area (Å²) in [5.74, 6) is 1.73. The van der Waals surface area contributed by atoms with E-state index in [0.717, 1.165) is 5.56 Å². The molecule has 2 N–H and O–H groups in total. The summed E-state index contributed by atoms with van der Waals surface area (Å²) in [5.41, 5.74) is 1.28. The summed E-state index contributed by atoms with van der Waals surface area (Å²) in [5, 5.41) is 10.5. The number of nitrogens with one attached hydrogen (secondary N) is 1. The fraction of sp³-hybridized carbons (Fsp3) is 0.200. The number of phenols is 1. The van der Waals surface area contributed by atoms with Gasteiger partial charge in [-0.25, -0.2) is 8.42 Å². The Morgan fingerprint density at radius 3 is 1.71 bits per heavy atom. The van der Waals surface area contributed by atoms with Gasteiger partial charge in [-0.1, -0.05) is 12.2 Å². The first-order valence-electron chi connectivity index (χ1n) is 10.3. The number of hydrogen-bond acceptors (Lipinski definition) is 8. The normalized spacial score (nSPS) is 11.2. The number of rotatable bonds is 10. The second-order valence-corrected chi connectivity index (χ2v) is 8.87. The predicted octanol–water partition coefficient (Wildman–Crippen LogP) is 4.41. The minimum Gasteiger partial charge on any atom is -0.503 e. The molecular weight excluding hydrogens is 474 g/mol. The third-order valence-electron chi connectivity index (χ3n) is 5.09. The molecule has 10 heteroatoms. The van der Waals surface area contributed by atoms with Crippen molar-refractivity contribution in [2.75, 3.05) is 40.3 Å². The lowest BCUT2D eigenvalue weighted by atomic mass is 10.1. The average molecular weight is 502 g/mol. The quantitative estimate of drug-likeness (QED) is 0.310. The van der Waals surface area contributed by atoms with Crippen molar-refractivity contribution in [2.45, 2.75) is 4.90 Å². The van der Waals surface area contributed by atoms with E-state index in [0.29, 0.717) is 28.6 Å². The monoisotopic (exact) mass is 501 g/mol. The number of phenolic OH excluding ortho intramolecular Hbond substituents is 1. The third kappa shape index (κ3) is 5.72. The Morgan fingerprint density at radius 1 is 0.714 bits per heavy atom. The summed E-state index contributed by atoms with van der Waals surface area (Å²) < 4.78 is 54.6. The summed E-state index contributed by atoms with van der Waals surface area (Å²) >= 11 is 0. The second-order valence-electron chi connectivity index (χ2n) is 7.19. The molecule has 0 spiro atoms. The van der Waals surface area contributed by atoms with Gasteiger partial charge in [0.1, 0.15) is 5.75 Å². The molecule has 3 rings (SSSR count). The van der Waals surface area contributed by atoms with E-state index in [2.05, 4.69) is 4.72 Å². The number of anilines is 1. The fourth-order valence-electron chi connectivity index (χ4n) is 3.31. The standard InChI is InChI=1S/C25H27NO8S/c1-30-18-8-10-19(11-9-18)35(28,29)26-20-12-16(13-21(31-2)24(20)27)6-7-17-14-22(32-3)25(34-5)23(15-17)33-4/h6-15,26-27H,1-5H3. The number of benzene rings is 3. The highest BCUT2D eigenvalue weighted by Crippen LogP contribution is 2.40. The van der Waals surface area contributed by atoms with E-state index < -0.39 is 10.0 Å². The number of ether oxygens (including phenoxy) is 5. The van der Waals surface area contributed by atoms with Crippen LogP contribution in [0.25, 0.3) is 12.2 Å². The van der Waals surface area contributed by atoms with Crippen LogP contribution in [0.5, 0.6) is 34.5 Å². The molecule has 3 aromatic rings. The molecule has 0 aliphatic heterocycles. The van der Waals surface area contributed by atoms with Crippen LogP contribution in [0.2, 0.25) is 0 Å². The van der Waals surface area contributed by atoms with Crippen molar-refractivity contribution in [3.05, 3.63) is 59.7 Å². The lowest BCUT2D eigenvalue weighted by molar-refractivity contribution is 0.324. The van der Waals surface area contributed by atoms with Gasteiger partial charge in [0.05, 0.1) is 46.1 Å². The van der Waals surface area contributed by atoms with Crippen LogP contribution >= 0.6 is 0 Å². The van der Waals surface area contributed by atoms with E-state index in [-0.39, 0.29) is 22.1 Å². The van der Waals surface area contributed by atoms with Crippen molar-refractivity contribution in [1.29, 1.82) is 0 Å². The zero-order valence-electron chi connectivity index (χ0n) is 20.0. The van der Waals surface area contributed by atoms with Gasteiger partial charge in [0, 0.05) is 0 Å². The SMILES string of the molecule is COc1ccc(S(=O)(=O)Nc2cc(C=Cc3cc(OC)c(OC)c(OC)c3)cc(OC)c2O)cc1. The average Bonchev–Trinajstić information content (AvgIpc) is 2.87. The van der Waals surface area contributed by atoms with Gasteiger partial charge in [0.25, 0.3) is 10.0 Å². The third-order valence-corrected chi connectivity index (χ3v) is 6.47. The van der Waals surface area contributed by atoms with Gasteiger partial charge in [-0.3, -0.25) is 4.72 Å². The van der Waals surface area contributed by atoms with E-state index in [1.54, 1.807) is 30.4 Å². The molecule has 9 nitrogen and oxygen atoms in total. The summed E-state index contributed by atoms with van der Waals surface area (Å²) in [4.78, 5) is 0.00929. The lowest BCUT2D eigenvalue weighted by Crippen LogP contribution is -2.13. The van der Waals surface area contributed by atoms with Gasteiger partial charge in [-0.2, -0.15) is 0 Å². The van der Waals surface area contributed by atoms with Gasteiger partial charge in [0.2, 0.25) is 5.75 Å². The summed E-state index contributed by atoms with van der Waals surface area (Å²) in [6.45, 7) is 0. The summed E-state index contributed by atoms with van der Waals surface area (Å²) in [6.07, 6.45) is 3.51. The van der Waals surface area contributed by atoms with Gasteiger partial charge < -0.3 is 28.8 Å². The smallest absolute Gasteiger partial charge is 0.262 e. The molecule has 0 saturated heterocycles. The van der Waals surface area contributed by atoms with Crippen LogP contribution in [-0.4, -0.2) is 49.1 Å². The molecule has 0 aromatic heterocycles. The van der Waals surface area contributed by atoms with Crippen molar-refractivity contribution in [1.82, 2.24) is 0 Å². The van der Waals surface area contributed by atoms with E-state index in [1.165, 1.54) is 65.9 Å². The van der Waals surface area contributed by atoms with Gasteiger partial charge >= 0.3 is 0 Å². The molecular formula is C25H27NO8S. The molecule has 0 heterocycles. The highest BCUT2D eigenvalue weighted by Gasteiger charge is 2.19. The molecule has 0 aliphatic carbocycles. The Labute approximate surface area is 204 Å². The van der Waals surface area contributed by atoms with Crippen LogP contribution in [0.3, 0.4) is 0 Å². The zero-order valence-corrected chi connectivity index (χ0v) is 20.8. The molecule has 186 valence electrons. The van der Waals surface area contributed by atoms with Crippen molar-refractivity contribution < 1.29 is 37.2 Å². The second kappa shape index (κ2) is 10.9. The maximum absolute atomic E-state index is 12.9. The molecule has 0 unspecified atom stereocenters. The molecule has 0 bridgehead atoms. The first-order chi connectivity index (χ1) is 16.8. The van der Waals surface area contributed by atoms with Crippen molar-refractivity contribution in [2.24, 2.45) is 0 Å². The molecule has 3 aromatic carbocycles. The van der Waals surface area contributed by atoms with E-state index in [4.69, 9.17) is 23.7 Å². The fourth-order valence-corrected chi connectivity index (χ4v) is 4.36. The van der Waals surface area contributed by atoms with Crippen molar-refractivity contribution in [3.63, 3.8) is 0 Å². The van der Waals surface area contributed by atoms with Crippen LogP contribution in [0.1, 0.15) is 11.1 Å². The minimum absolute atomic E-state index is 0.00929. The van der Waals surface area contributed by atoms with Gasteiger partial charge in [-0.05, 0) is 59.7 Å². The Hall–Kier alpha value is -4.05. The zero-order chi connectivity index (χ0) is 25.6. The first-order valence-corrected chi connectivity index (χ1v) is 11.8. The highest BCUT2D eigenvalue weighted by atomic mass is 32.2. The van der Waals surface area contributed by atoms with Crippen molar-refractivity contribution >= 4 is 27.9 Å². The Morgan fingerprint density at radius 2 is 1.23 bits per heavy atom. The Kier molecular flexibility index (Phi) is 7.98. The topological polar surface area (TPSA) is 113 Å². The van der Waals surface area contributed by atoms with Crippen molar-refractivity contribution in [3.8, 4) is 34.5 Å². The van der Waals surface area contributed by atoms with E-state index in [1.807, 2.05) is 0 Å². The number of sulfonamides is 1. The molecule has 0 radical (unpaired) electrons. The molecule has 0 fully saturated rings. The molecule has 0 aliphatic rings. The highest BCUT2D eigenvalue weighted by molar-refractivity contribution is 7.92. The van der Waals surface area contributed by atoms with Crippen LogP contribution < -0.4 is 28.4 Å². The lowest BCUT2D eigenvalue weighted by Gasteiger charge is -2.14. The molecule has 0 atom stereocenters. The molecule has 0 amide bonds. The first kappa shape index (κ1) is 25.6. The maximum Gasteiger partial charge on any atom is 0.262 e. The van der Waals surface area contributed by atoms with Crippen LogP contribution in [0.4, 0.5) is 5.69 Å². The van der Waals surface area contributed by atoms with E-state index >= 15 is 0 Å². The minimum atomic E-state index is -3.99. The van der Waals surface area contributed by atoms with E-state index in [9.17, 15) is 13.5 Å². The Bertz CT molecular complexity index is 1290. The molecule has 0 saturated carbocycles. The number of aromatic hydroxyl groups is 1. The number of methoxy groups -OCH3 is 5. The number of hydrogen-bond donors (Lipinski definition) is 2. The molecule has 35 heavy (non-hydrogen) atoms. The van der Waals surface area contributed by atoms with Crippen LogP contribution in [0.15, 0.2) is 53.4 Å². The predicted molar refractivity (Wildman–Crippen MR) is 133 cm³/mol.